The molecule has 0 aliphatic carbocycles. The molecule has 2 aromatic carbocycles. The number of primary sulfonamides is 1. The predicted molar refractivity (Wildman–Crippen MR) is 145 cm³/mol. The molecule has 2 aliphatic rings. The Labute approximate surface area is 230 Å². The average Bonchev–Trinajstić information content (AvgIpc) is 3.26. The molecule has 4 rings (SSSR count). The number of nitrogens with two attached hydrogens (primary N) is 1. The maximum absolute atomic E-state index is 12.4. The third kappa shape index (κ3) is 8.44. The van der Waals surface area contributed by atoms with E-state index in [2.05, 4.69) is 11.8 Å². The normalized spacial score (nSPS) is 18.1. The minimum absolute atomic E-state index is 0.0525. The van der Waals surface area contributed by atoms with Crippen LogP contribution >= 0.6 is 0 Å². The minimum atomic E-state index is -3.73. The van der Waals surface area contributed by atoms with Gasteiger partial charge in [-0.3, -0.25) is 0 Å². The first-order valence-corrected chi connectivity index (χ1v) is 14.8. The number of sulfonamides is 1. The van der Waals surface area contributed by atoms with Crippen molar-refractivity contribution >= 4 is 16.1 Å². The van der Waals surface area contributed by atoms with Gasteiger partial charge in [-0.2, -0.15) is 0 Å². The molecule has 0 radical (unpaired) electrons. The highest BCUT2D eigenvalue weighted by molar-refractivity contribution is 7.89. The van der Waals surface area contributed by atoms with E-state index in [1.165, 1.54) is 12.1 Å². The number of benzene rings is 2. The number of amides is 1. The van der Waals surface area contributed by atoms with Crippen molar-refractivity contribution < 1.29 is 32.2 Å². The van der Waals surface area contributed by atoms with Crippen LogP contribution in [0.15, 0.2) is 47.4 Å². The molecule has 1 unspecified atom stereocenters. The Morgan fingerprint density at radius 2 is 1.92 bits per heavy atom. The second kappa shape index (κ2) is 12.8. The van der Waals surface area contributed by atoms with Gasteiger partial charge in [-0.15, -0.1) is 0 Å². The van der Waals surface area contributed by atoms with Gasteiger partial charge in [0.25, 0.3) is 0 Å². The van der Waals surface area contributed by atoms with Gasteiger partial charge in [0.1, 0.15) is 11.9 Å². The van der Waals surface area contributed by atoms with Gasteiger partial charge in [0, 0.05) is 44.5 Å². The zero-order chi connectivity index (χ0) is 27.9. The number of cyclic esters (lactones) is 1. The first-order chi connectivity index (χ1) is 18.6. The van der Waals surface area contributed by atoms with Gasteiger partial charge in [0.15, 0.2) is 0 Å². The van der Waals surface area contributed by atoms with Crippen LogP contribution in [0, 0.1) is 11.8 Å². The summed E-state index contributed by atoms with van der Waals surface area (Å²) in [5.41, 5.74) is 2.52. The quantitative estimate of drug-likeness (QED) is 0.320. The summed E-state index contributed by atoms with van der Waals surface area (Å²) >= 11 is 0. The highest BCUT2D eigenvalue weighted by Gasteiger charge is 2.33. The van der Waals surface area contributed by atoms with Gasteiger partial charge in [-0.1, -0.05) is 36.8 Å². The largest absolute Gasteiger partial charge is 0.463 e. The monoisotopic (exact) mass is 556 g/mol. The maximum Gasteiger partial charge on any atom is 0.410 e. The van der Waals surface area contributed by atoms with Gasteiger partial charge in [0.2, 0.25) is 15.8 Å². The molecule has 2 N–H and O–H groups in total. The molecular formula is C29H36N2O7S. The Morgan fingerprint density at radius 1 is 1.10 bits per heavy atom. The molecule has 1 amide bonds. The standard InChI is InChI=1S/C29H36N2O7S/c1-29(2)36-21-24-19-23(13-14-26(24)38-29)27-20-31(28(32)37-27)15-6-3-4-7-16-35-17-8-5-10-22-11-9-12-25(18-22)39(30,33)34/h9,11-14,18-19,27H,3-4,6-8,15-17,20-21H2,1-2H3,(H2,30,33,34). The molecule has 0 spiro atoms. The van der Waals surface area contributed by atoms with E-state index in [9.17, 15) is 13.2 Å². The highest BCUT2D eigenvalue weighted by atomic mass is 32.2. The molecule has 2 aromatic rings. The van der Waals surface area contributed by atoms with Crippen molar-refractivity contribution in [3.8, 4) is 17.6 Å². The van der Waals surface area contributed by atoms with Gasteiger partial charge in [0.05, 0.1) is 24.7 Å². The van der Waals surface area contributed by atoms with E-state index in [1.54, 1.807) is 17.0 Å². The van der Waals surface area contributed by atoms with Crippen LogP contribution in [0.2, 0.25) is 0 Å². The van der Waals surface area contributed by atoms with Crippen molar-refractivity contribution in [1.82, 2.24) is 4.90 Å². The number of carbonyl (C=O) groups excluding carboxylic acids is 1. The number of rotatable bonds is 11. The fraction of sp³-hybridized carbons (Fsp3) is 0.483. The van der Waals surface area contributed by atoms with Gasteiger partial charge in [-0.25, -0.2) is 18.4 Å². The van der Waals surface area contributed by atoms with E-state index in [-0.39, 0.29) is 17.1 Å². The van der Waals surface area contributed by atoms with Crippen molar-refractivity contribution in [2.24, 2.45) is 5.14 Å². The lowest BCUT2D eigenvalue weighted by molar-refractivity contribution is -0.180. The molecule has 2 heterocycles. The summed E-state index contributed by atoms with van der Waals surface area (Å²) in [5, 5.41) is 5.14. The van der Waals surface area contributed by atoms with E-state index in [0.29, 0.717) is 44.9 Å². The highest BCUT2D eigenvalue weighted by Crippen LogP contribution is 2.35. The molecule has 1 fully saturated rings. The van der Waals surface area contributed by atoms with Gasteiger partial charge >= 0.3 is 6.09 Å². The second-order valence-corrected chi connectivity index (χ2v) is 11.7. The lowest BCUT2D eigenvalue weighted by Gasteiger charge is -2.32. The minimum Gasteiger partial charge on any atom is -0.463 e. The number of carbonyl (C=O) groups is 1. The summed E-state index contributed by atoms with van der Waals surface area (Å²) in [6.45, 7) is 6.62. The molecule has 0 aromatic heterocycles. The Morgan fingerprint density at radius 3 is 2.74 bits per heavy atom. The molecular weight excluding hydrogens is 520 g/mol. The van der Waals surface area contributed by atoms with Crippen LogP contribution in [0.5, 0.6) is 5.75 Å². The number of nitrogens with zero attached hydrogens (tertiary/aromatic N) is 1. The van der Waals surface area contributed by atoms with E-state index >= 15 is 0 Å². The molecule has 0 saturated carbocycles. The molecule has 1 saturated heterocycles. The summed E-state index contributed by atoms with van der Waals surface area (Å²) in [7, 11) is -3.73. The zero-order valence-electron chi connectivity index (χ0n) is 22.5. The van der Waals surface area contributed by atoms with Crippen LogP contribution in [0.3, 0.4) is 0 Å². The Hall–Kier alpha value is -3.10. The topological polar surface area (TPSA) is 117 Å². The SMILES string of the molecule is CC1(C)OCc2cc(C3CN(CCCCCCOCCC#Cc4cccc(S(N)(=O)=O)c4)C(=O)O3)ccc2O1. The molecule has 39 heavy (non-hydrogen) atoms. The average molecular weight is 557 g/mol. The molecule has 1 atom stereocenters. The van der Waals surface area contributed by atoms with Crippen LogP contribution in [0.4, 0.5) is 4.79 Å². The lowest BCUT2D eigenvalue weighted by atomic mass is 10.0. The van der Waals surface area contributed by atoms with Gasteiger partial charge in [-0.05, 0) is 48.7 Å². The Balaban J connectivity index is 1.07. The molecule has 210 valence electrons. The summed E-state index contributed by atoms with van der Waals surface area (Å²) in [6, 6.07) is 12.2. The van der Waals surface area contributed by atoms with E-state index in [0.717, 1.165) is 42.6 Å². The Kier molecular flexibility index (Phi) is 9.51. The van der Waals surface area contributed by atoms with Crippen LogP contribution in [-0.4, -0.2) is 51.5 Å². The molecule has 2 aliphatic heterocycles. The van der Waals surface area contributed by atoms with Crippen molar-refractivity contribution in [2.75, 3.05) is 26.3 Å². The smallest absolute Gasteiger partial charge is 0.410 e. The van der Waals surface area contributed by atoms with Crippen LogP contribution in [0.1, 0.15) is 68.7 Å². The predicted octanol–water partition coefficient (Wildman–Crippen LogP) is 4.49. The molecule has 0 bridgehead atoms. The summed E-state index contributed by atoms with van der Waals surface area (Å²) in [4.78, 5) is 14.2. The first-order valence-electron chi connectivity index (χ1n) is 13.2. The second-order valence-electron chi connectivity index (χ2n) is 10.1. The van der Waals surface area contributed by atoms with Crippen LogP contribution < -0.4 is 9.88 Å². The Bertz CT molecular complexity index is 1330. The first kappa shape index (κ1) is 28.9. The molecule has 10 heteroatoms. The van der Waals surface area contributed by atoms with Crippen molar-refractivity contribution in [2.45, 2.75) is 69.3 Å². The number of unbranched alkanes of at least 4 members (excludes halogenated alkanes) is 3. The van der Waals surface area contributed by atoms with Crippen LogP contribution in [-0.2, 0) is 30.8 Å². The maximum atomic E-state index is 12.4. The van der Waals surface area contributed by atoms with Crippen LogP contribution in [0.25, 0.3) is 0 Å². The number of ether oxygens (including phenoxy) is 4. The number of hydrogen-bond donors (Lipinski definition) is 1. The number of hydrogen-bond acceptors (Lipinski definition) is 7. The fourth-order valence-corrected chi connectivity index (χ4v) is 4.98. The molecule has 9 nitrogen and oxygen atoms in total. The fourth-order valence-electron chi connectivity index (χ4n) is 4.42. The van der Waals surface area contributed by atoms with Crippen molar-refractivity contribution in [3.05, 3.63) is 59.2 Å². The summed E-state index contributed by atoms with van der Waals surface area (Å²) in [5.74, 6) is 6.09. The lowest BCUT2D eigenvalue weighted by Crippen LogP contribution is -2.35. The third-order valence-electron chi connectivity index (χ3n) is 6.51. The third-order valence-corrected chi connectivity index (χ3v) is 7.42. The summed E-state index contributed by atoms with van der Waals surface area (Å²) in [6.07, 6.45) is 3.86. The zero-order valence-corrected chi connectivity index (χ0v) is 23.3. The van der Waals surface area contributed by atoms with Crippen molar-refractivity contribution in [1.29, 1.82) is 0 Å². The van der Waals surface area contributed by atoms with E-state index < -0.39 is 15.8 Å². The number of fused-ring (bicyclic) bond motifs is 1. The van der Waals surface area contributed by atoms with Gasteiger partial charge < -0.3 is 23.8 Å². The van der Waals surface area contributed by atoms with Crippen molar-refractivity contribution in [3.63, 3.8) is 0 Å². The van der Waals surface area contributed by atoms with E-state index in [4.69, 9.17) is 24.1 Å². The van der Waals surface area contributed by atoms with E-state index in [1.807, 2.05) is 32.0 Å². The summed E-state index contributed by atoms with van der Waals surface area (Å²) < 4.78 is 45.7.